The van der Waals surface area contributed by atoms with Crippen molar-refractivity contribution in [1.29, 1.82) is 0 Å². The van der Waals surface area contributed by atoms with E-state index in [4.69, 9.17) is 38.2 Å². The van der Waals surface area contributed by atoms with Crippen molar-refractivity contribution in [3.63, 3.8) is 0 Å². The number of carbonyl (C=O) groups excluding carboxylic acids is 3. The summed E-state index contributed by atoms with van der Waals surface area (Å²) in [4.78, 5) is 76.0. The Bertz CT molecular complexity index is 2190. The van der Waals surface area contributed by atoms with Crippen LogP contribution in [0, 0.1) is 6.92 Å². The number of rotatable bonds is 65. The molecule has 0 unspecified atom stereocenters. The van der Waals surface area contributed by atoms with Crippen molar-refractivity contribution in [3.05, 3.63) is 50.3 Å². The SMILES string of the molecule is CCCCCCCCCCCCCCCCCCOc1cc(C(=O)OOCCOC(=O)CCC(=O)OC[C@@H]2CNC[C@H](n3cc(C)c(=O)[nH]c3=O)O2)cc(OCCCCCCCCCCCCCCCCCC)c1OCCCCCCCCCCCCCCCCCC. The number of ether oxygens (including phenoxy) is 6. The number of aryl methyl sites for hydroxylation is 1. The Morgan fingerprint density at radius 2 is 0.806 bits per heavy atom. The molecule has 3 rings (SSSR count). The van der Waals surface area contributed by atoms with Gasteiger partial charge in [0.05, 0.1) is 38.2 Å². The summed E-state index contributed by atoms with van der Waals surface area (Å²) in [6.07, 6.45) is 61.5. The number of aromatic nitrogens is 2. The number of aromatic amines is 1. The summed E-state index contributed by atoms with van der Waals surface area (Å²) in [7, 11) is 0. The van der Waals surface area contributed by atoms with E-state index in [1.54, 1.807) is 19.1 Å². The van der Waals surface area contributed by atoms with E-state index in [0.29, 0.717) is 55.7 Å². The summed E-state index contributed by atoms with van der Waals surface area (Å²) < 4.78 is 37.5. The van der Waals surface area contributed by atoms with E-state index >= 15 is 0 Å². The van der Waals surface area contributed by atoms with Gasteiger partial charge in [-0.25, -0.2) is 9.59 Å². The molecule has 2 atom stereocenters. The number of benzene rings is 1. The molecule has 2 heterocycles. The van der Waals surface area contributed by atoms with Crippen molar-refractivity contribution >= 4 is 17.9 Å². The normalized spacial score (nSPS) is 13.9. The zero-order chi connectivity index (χ0) is 66.7. The maximum atomic E-state index is 13.7. The highest BCUT2D eigenvalue weighted by atomic mass is 17.2. The van der Waals surface area contributed by atoms with Crippen molar-refractivity contribution < 1.29 is 52.6 Å². The third-order valence-electron chi connectivity index (χ3n) is 18.0. The Kier molecular flexibility index (Phi) is 52.5. The maximum absolute atomic E-state index is 13.7. The predicted molar refractivity (Wildman–Crippen MR) is 377 cm³/mol. The number of H-pyrrole nitrogens is 1. The molecule has 1 aromatic carbocycles. The monoisotopic (exact) mass is 1310 g/mol. The van der Waals surface area contributed by atoms with Gasteiger partial charge in [-0.1, -0.05) is 310 Å². The number of unbranched alkanes of at least 4 members (excludes halogenated alkanes) is 45. The number of morpholine rings is 1. The van der Waals surface area contributed by atoms with Gasteiger partial charge in [0, 0.05) is 24.8 Å². The van der Waals surface area contributed by atoms with Crippen molar-refractivity contribution in [1.82, 2.24) is 14.9 Å². The minimum atomic E-state index is -0.753. The van der Waals surface area contributed by atoms with Crippen LogP contribution in [-0.4, -0.2) is 86.3 Å². The minimum absolute atomic E-state index is 0.108. The molecule has 2 aromatic rings. The average molecular weight is 1310 g/mol. The van der Waals surface area contributed by atoms with Gasteiger partial charge in [-0.15, -0.1) is 0 Å². The molecule has 16 heteroatoms. The molecule has 536 valence electrons. The minimum Gasteiger partial charge on any atom is -0.490 e. The first-order valence-electron chi connectivity index (χ1n) is 38.6. The zero-order valence-electron chi connectivity index (χ0n) is 59.7. The fourth-order valence-electron chi connectivity index (χ4n) is 12.2. The van der Waals surface area contributed by atoms with Crippen LogP contribution in [0.4, 0.5) is 0 Å². The molecule has 0 amide bonds. The van der Waals surface area contributed by atoms with E-state index in [9.17, 15) is 24.0 Å². The topological polar surface area (TPSA) is 192 Å². The lowest BCUT2D eigenvalue weighted by molar-refractivity contribution is -0.246. The molecular weight excluding hydrogens is 1170 g/mol. The Labute approximate surface area is 564 Å². The van der Waals surface area contributed by atoms with Gasteiger partial charge in [-0.05, 0) is 38.3 Å². The molecule has 0 aliphatic carbocycles. The highest BCUT2D eigenvalue weighted by molar-refractivity contribution is 5.90. The summed E-state index contributed by atoms with van der Waals surface area (Å²) in [5, 5.41) is 3.15. The van der Waals surface area contributed by atoms with Crippen LogP contribution in [0.5, 0.6) is 17.2 Å². The highest BCUT2D eigenvalue weighted by Gasteiger charge is 2.26. The number of carbonyl (C=O) groups is 3. The molecule has 1 saturated heterocycles. The van der Waals surface area contributed by atoms with Crippen LogP contribution in [-0.2, 0) is 33.6 Å². The van der Waals surface area contributed by atoms with E-state index in [-0.39, 0.29) is 38.2 Å². The van der Waals surface area contributed by atoms with E-state index in [1.165, 1.54) is 268 Å². The van der Waals surface area contributed by atoms with Crippen LogP contribution >= 0.6 is 0 Å². The summed E-state index contributed by atoms with van der Waals surface area (Å²) in [6.45, 7) is 10.0. The summed E-state index contributed by atoms with van der Waals surface area (Å²) in [5.41, 5.74) is -0.524. The first-order valence-corrected chi connectivity index (χ1v) is 38.6. The molecule has 1 aromatic heterocycles. The van der Waals surface area contributed by atoms with Gasteiger partial charge in [0.2, 0.25) is 5.75 Å². The quantitative estimate of drug-likeness (QED) is 0.0275. The van der Waals surface area contributed by atoms with Crippen LogP contribution in [0.15, 0.2) is 27.9 Å². The van der Waals surface area contributed by atoms with Crippen LogP contribution in [0.1, 0.15) is 364 Å². The summed E-state index contributed by atoms with van der Waals surface area (Å²) in [6, 6.07) is 3.32. The van der Waals surface area contributed by atoms with E-state index in [0.717, 1.165) is 51.4 Å². The van der Waals surface area contributed by atoms with E-state index in [1.807, 2.05) is 0 Å². The van der Waals surface area contributed by atoms with Crippen LogP contribution in [0.2, 0.25) is 0 Å². The molecule has 1 aliphatic heterocycles. The lowest BCUT2D eigenvalue weighted by Gasteiger charge is -2.31. The third-order valence-corrected chi connectivity index (χ3v) is 18.0. The van der Waals surface area contributed by atoms with Crippen molar-refractivity contribution in [2.24, 2.45) is 0 Å². The third kappa shape index (κ3) is 44.1. The summed E-state index contributed by atoms with van der Waals surface area (Å²) >= 11 is 0. The van der Waals surface area contributed by atoms with Crippen LogP contribution in [0.25, 0.3) is 0 Å². The van der Waals surface area contributed by atoms with Crippen molar-refractivity contribution in [2.45, 2.75) is 361 Å². The number of hydrogen-bond acceptors (Lipinski definition) is 14. The Morgan fingerprint density at radius 1 is 0.452 bits per heavy atom. The molecule has 0 bridgehead atoms. The number of nitrogens with one attached hydrogen (secondary N) is 2. The molecule has 93 heavy (non-hydrogen) atoms. The van der Waals surface area contributed by atoms with Crippen LogP contribution < -0.4 is 30.8 Å². The van der Waals surface area contributed by atoms with Crippen molar-refractivity contribution in [2.75, 3.05) is 52.7 Å². The van der Waals surface area contributed by atoms with Gasteiger partial charge in [0.1, 0.15) is 25.9 Å². The highest BCUT2D eigenvalue weighted by Crippen LogP contribution is 2.40. The number of nitrogens with zero attached hydrogens (tertiary/aromatic N) is 1. The van der Waals surface area contributed by atoms with Crippen molar-refractivity contribution in [3.8, 4) is 17.2 Å². The second-order valence-electron chi connectivity index (χ2n) is 26.7. The average Bonchev–Trinajstić information content (AvgIpc) is 0.979. The van der Waals surface area contributed by atoms with Gasteiger partial charge < -0.3 is 33.7 Å². The van der Waals surface area contributed by atoms with Gasteiger partial charge in [0.15, 0.2) is 17.7 Å². The fraction of sp³-hybridized carbons (Fsp3) is 0.831. The number of esters is 2. The Morgan fingerprint density at radius 3 is 1.19 bits per heavy atom. The molecule has 0 spiro atoms. The molecule has 2 N–H and O–H groups in total. The lowest BCUT2D eigenvalue weighted by atomic mass is 10.0. The number of hydrogen-bond donors (Lipinski definition) is 2. The molecular formula is C77H135N3O13. The smallest absolute Gasteiger partial charge is 0.373 e. The van der Waals surface area contributed by atoms with E-state index in [2.05, 4.69) is 31.1 Å². The molecule has 0 radical (unpaired) electrons. The summed E-state index contributed by atoms with van der Waals surface area (Å²) in [5.74, 6) is -0.628. The largest absolute Gasteiger partial charge is 0.490 e. The maximum Gasteiger partial charge on any atom is 0.373 e. The second kappa shape index (κ2) is 58.9. The van der Waals surface area contributed by atoms with E-state index < -0.39 is 41.5 Å². The Balaban J connectivity index is 1.53. The molecule has 1 aliphatic rings. The van der Waals surface area contributed by atoms with Gasteiger partial charge in [0.25, 0.3) is 5.56 Å². The second-order valence-corrected chi connectivity index (χ2v) is 26.7. The predicted octanol–water partition coefficient (Wildman–Crippen LogP) is 19.9. The van der Waals surface area contributed by atoms with Gasteiger partial charge >= 0.3 is 23.6 Å². The van der Waals surface area contributed by atoms with Crippen LogP contribution in [0.3, 0.4) is 0 Å². The Hall–Kier alpha value is -4.41. The molecule has 1 fully saturated rings. The van der Waals surface area contributed by atoms with Gasteiger partial charge in [-0.3, -0.25) is 28.8 Å². The zero-order valence-corrected chi connectivity index (χ0v) is 59.7. The molecule has 0 saturated carbocycles. The first-order chi connectivity index (χ1) is 45.7. The van der Waals surface area contributed by atoms with Gasteiger partial charge in [-0.2, -0.15) is 4.89 Å². The lowest BCUT2D eigenvalue weighted by Crippen LogP contribution is -2.48. The standard InChI is InChI=1S/C77H135N3O13/c1-5-8-11-14-17-20-23-26-29-32-35-38-41-44-47-50-55-86-69-60-67(76(84)93-91-59-58-88-72(81)53-54-73(82)90-65-68-62-78-63-71(92-68)80-64-66(4)75(83)79-77(80)85)61-70(87-56-51-48-45-42-39-36-33-30-27-24-21-18-15-12-9-6-2)74(69)89-57-52-49-46-43-40-37-34-31-28-25-22-19-16-13-10-7-3/h60-61,64,68,71,78H,5-59,62-63,65H2,1-4H3,(H,79,83,85)/t68-,71+/m0/s1. The molecule has 16 nitrogen and oxygen atoms in total. The fourth-order valence-corrected chi connectivity index (χ4v) is 12.2. The first kappa shape index (κ1) is 82.8.